The first-order chi connectivity index (χ1) is 12.8. The number of carboxylic acids is 1. The van der Waals surface area contributed by atoms with Crippen molar-refractivity contribution < 1.29 is 19.4 Å². The van der Waals surface area contributed by atoms with Gasteiger partial charge in [-0.1, -0.05) is 41.9 Å². The number of esters is 1. The van der Waals surface area contributed by atoms with Crippen molar-refractivity contribution in [3.8, 4) is 5.75 Å². The van der Waals surface area contributed by atoms with E-state index in [9.17, 15) is 9.59 Å². The summed E-state index contributed by atoms with van der Waals surface area (Å²) in [5.41, 5.74) is 1.62. The van der Waals surface area contributed by atoms with Crippen LogP contribution in [0.3, 0.4) is 0 Å². The Bertz CT molecular complexity index is 839. The summed E-state index contributed by atoms with van der Waals surface area (Å²) >= 11 is 3.35. The van der Waals surface area contributed by atoms with E-state index in [1.54, 1.807) is 44.2 Å². The van der Waals surface area contributed by atoms with Crippen molar-refractivity contribution in [3.05, 3.63) is 70.2 Å². The van der Waals surface area contributed by atoms with Gasteiger partial charge in [-0.15, -0.1) is 0 Å². The molecule has 0 aromatic heterocycles. The summed E-state index contributed by atoms with van der Waals surface area (Å²) in [6, 6.07) is 13.4. The van der Waals surface area contributed by atoms with Gasteiger partial charge in [-0.05, 0) is 59.5 Å². The van der Waals surface area contributed by atoms with Gasteiger partial charge in [-0.3, -0.25) is 4.99 Å². The molecule has 0 aliphatic rings. The maximum absolute atomic E-state index is 11.9. The van der Waals surface area contributed by atoms with E-state index in [0.717, 1.165) is 15.6 Å². The Morgan fingerprint density at radius 2 is 1.63 bits per heavy atom. The first-order valence-corrected chi connectivity index (χ1v) is 9.16. The van der Waals surface area contributed by atoms with Gasteiger partial charge in [0.05, 0.1) is 0 Å². The smallest absolute Gasteiger partial charge is 0.336 e. The number of carbonyl (C=O) groups is 2. The third-order valence-electron chi connectivity index (χ3n) is 3.65. The first-order valence-electron chi connectivity index (χ1n) is 8.36. The molecule has 0 radical (unpaired) electrons. The molecular formula is C21H20BrNO4. The van der Waals surface area contributed by atoms with Crippen LogP contribution in [0.25, 0.3) is 6.08 Å². The zero-order valence-corrected chi connectivity index (χ0v) is 16.6. The highest BCUT2D eigenvalue weighted by atomic mass is 79.9. The van der Waals surface area contributed by atoms with E-state index in [4.69, 9.17) is 9.84 Å². The van der Waals surface area contributed by atoms with Gasteiger partial charge in [0, 0.05) is 16.8 Å². The quantitative estimate of drug-likeness (QED) is 0.302. The van der Waals surface area contributed by atoms with E-state index in [1.807, 2.05) is 24.3 Å². The number of hydrogen-bond acceptors (Lipinski definition) is 4. The summed E-state index contributed by atoms with van der Waals surface area (Å²) in [7, 11) is 0. The third-order valence-corrected chi connectivity index (χ3v) is 4.18. The highest BCUT2D eigenvalue weighted by Gasteiger charge is 2.19. The minimum Gasteiger partial charge on any atom is -0.480 e. The van der Waals surface area contributed by atoms with Gasteiger partial charge in [0.2, 0.25) is 0 Å². The molecule has 2 rings (SSSR count). The zero-order valence-electron chi connectivity index (χ0n) is 15.0. The molecule has 1 atom stereocenters. The summed E-state index contributed by atoms with van der Waals surface area (Å²) in [6.07, 6.45) is 4.55. The molecular weight excluding hydrogens is 410 g/mol. The number of hydrogen-bond donors (Lipinski definition) is 1. The van der Waals surface area contributed by atoms with Crippen LogP contribution in [-0.4, -0.2) is 29.3 Å². The van der Waals surface area contributed by atoms with Crippen molar-refractivity contribution in [2.24, 2.45) is 10.9 Å². The Balaban J connectivity index is 1.95. The molecule has 6 heteroatoms. The number of carbonyl (C=O) groups excluding carboxylic acids is 1. The van der Waals surface area contributed by atoms with Gasteiger partial charge < -0.3 is 9.84 Å². The van der Waals surface area contributed by atoms with E-state index in [0.29, 0.717) is 5.75 Å². The fraction of sp³-hybridized carbons (Fsp3) is 0.190. The molecule has 0 amide bonds. The van der Waals surface area contributed by atoms with Gasteiger partial charge in [0.1, 0.15) is 11.8 Å². The Morgan fingerprint density at radius 3 is 2.19 bits per heavy atom. The average molecular weight is 430 g/mol. The molecule has 1 unspecified atom stereocenters. The van der Waals surface area contributed by atoms with Crippen molar-refractivity contribution >= 4 is 40.2 Å². The van der Waals surface area contributed by atoms with E-state index >= 15 is 0 Å². The van der Waals surface area contributed by atoms with Gasteiger partial charge >= 0.3 is 11.9 Å². The molecule has 2 aromatic rings. The number of carboxylic acid groups (broad SMARTS) is 1. The maximum Gasteiger partial charge on any atom is 0.336 e. The molecule has 5 nitrogen and oxygen atoms in total. The summed E-state index contributed by atoms with van der Waals surface area (Å²) in [5.74, 6) is -1.14. The second kappa shape index (κ2) is 9.83. The first kappa shape index (κ1) is 20.6. The molecule has 0 aliphatic heterocycles. The largest absolute Gasteiger partial charge is 0.480 e. The Labute approximate surface area is 166 Å². The average Bonchev–Trinajstić information content (AvgIpc) is 2.62. The number of nitrogens with zero attached hydrogens (tertiary/aromatic N) is 1. The van der Waals surface area contributed by atoms with Crippen LogP contribution in [0.4, 0.5) is 0 Å². The lowest BCUT2D eigenvalue weighted by Crippen LogP contribution is -2.24. The van der Waals surface area contributed by atoms with Crippen LogP contribution in [0.1, 0.15) is 25.0 Å². The molecule has 2 aromatic carbocycles. The van der Waals surface area contributed by atoms with Crippen LogP contribution in [0.2, 0.25) is 0 Å². The third kappa shape index (κ3) is 6.83. The molecule has 140 valence electrons. The fourth-order valence-corrected chi connectivity index (χ4v) is 2.46. The number of benzene rings is 2. The second-order valence-electron chi connectivity index (χ2n) is 6.18. The molecule has 0 spiro atoms. The Morgan fingerprint density at radius 1 is 1.04 bits per heavy atom. The maximum atomic E-state index is 11.9. The van der Waals surface area contributed by atoms with Gasteiger partial charge in [-0.25, -0.2) is 9.59 Å². The van der Waals surface area contributed by atoms with Crippen LogP contribution >= 0.6 is 15.9 Å². The molecule has 1 N–H and O–H groups in total. The summed E-state index contributed by atoms with van der Waals surface area (Å²) in [5, 5.41) is 9.13. The molecule has 0 aliphatic carbocycles. The van der Waals surface area contributed by atoms with Gasteiger partial charge in [0.25, 0.3) is 0 Å². The van der Waals surface area contributed by atoms with E-state index < -0.39 is 18.0 Å². The standard InChI is InChI=1S/C21H20BrNO4/c1-14(2)20(21(25)26)23-13-16-5-10-18(11-6-16)27-19(24)12-7-15-3-8-17(22)9-4-15/h3-14,20H,1-2H3,(H,25,26)/b12-7+,23-13?. The Hall–Kier alpha value is -2.73. The van der Waals surface area contributed by atoms with Crippen LogP contribution < -0.4 is 4.74 Å². The lowest BCUT2D eigenvalue weighted by atomic mass is 10.1. The normalized spacial score (nSPS) is 12.6. The summed E-state index contributed by atoms with van der Waals surface area (Å²) in [4.78, 5) is 27.1. The number of ether oxygens (including phenoxy) is 1. The van der Waals surface area contributed by atoms with Crippen molar-refractivity contribution in [2.45, 2.75) is 19.9 Å². The highest BCUT2D eigenvalue weighted by molar-refractivity contribution is 9.10. The van der Waals surface area contributed by atoms with Gasteiger partial charge in [0.15, 0.2) is 0 Å². The highest BCUT2D eigenvalue weighted by Crippen LogP contribution is 2.14. The second-order valence-corrected chi connectivity index (χ2v) is 7.10. The van der Waals surface area contributed by atoms with Crippen molar-refractivity contribution in [1.82, 2.24) is 0 Å². The number of aliphatic carboxylic acids is 1. The number of rotatable bonds is 7. The summed E-state index contributed by atoms with van der Waals surface area (Å²) in [6.45, 7) is 3.61. The van der Waals surface area contributed by atoms with Crippen molar-refractivity contribution in [3.63, 3.8) is 0 Å². The topological polar surface area (TPSA) is 76.0 Å². The van der Waals surface area contributed by atoms with E-state index in [-0.39, 0.29) is 5.92 Å². The molecule has 0 heterocycles. The minimum atomic E-state index is -0.954. The zero-order chi connectivity index (χ0) is 19.8. The molecule has 0 saturated carbocycles. The lowest BCUT2D eigenvalue weighted by Gasteiger charge is -2.10. The minimum absolute atomic E-state index is 0.100. The fourth-order valence-electron chi connectivity index (χ4n) is 2.20. The van der Waals surface area contributed by atoms with E-state index in [2.05, 4.69) is 20.9 Å². The predicted molar refractivity (Wildman–Crippen MR) is 109 cm³/mol. The molecule has 0 bridgehead atoms. The van der Waals surface area contributed by atoms with Crippen molar-refractivity contribution in [2.75, 3.05) is 0 Å². The SMILES string of the molecule is CC(C)C(N=Cc1ccc(OC(=O)/C=C/c2ccc(Br)cc2)cc1)C(=O)O. The van der Waals surface area contributed by atoms with Crippen LogP contribution in [0.15, 0.2) is 64.1 Å². The predicted octanol–water partition coefficient (Wildman–Crippen LogP) is 4.60. The summed E-state index contributed by atoms with van der Waals surface area (Å²) < 4.78 is 6.21. The molecule has 0 saturated heterocycles. The van der Waals surface area contributed by atoms with Crippen LogP contribution in [0, 0.1) is 5.92 Å². The van der Waals surface area contributed by atoms with E-state index in [1.165, 1.54) is 12.3 Å². The molecule has 0 fully saturated rings. The number of halogens is 1. The van der Waals surface area contributed by atoms with Gasteiger partial charge in [-0.2, -0.15) is 0 Å². The monoisotopic (exact) mass is 429 g/mol. The lowest BCUT2D eigenvalue weighted by molar-refractivity contribution is -0.139. The molecule has 27 heavy (non-hydrogen) atoms. The van der Waals surface area contributed by atoms with Crippen LogP contribution in [-0.2, 0) is 9.59 Å². The van der Waals surface area contributed by atoms with Crippen LogP contribution in [0.5, 0.6) is 5.75 Å². The van der Waals surface area contributed by atoms with Crippen molar-refractivity contribution in [1.29, 1.82) is 0 Å². The Kier molecular flexibility index (Phi) is 7.49. The number of aliphatic imine (C=N–C) groups is 1.